The number of hydrogen-bond acceptors (Lipinski definition) is 7. The Labute approximate surface area is 203 Å². The van der Waals surface area contributed by atoms with Crippen molar-refractivity contribution in [2.45, 2.75) is 25.2 Å². The van der Waals surface area contributed by atoms with E-state index in [1.807, 2.05) is 48.2 Å². The second-order valence-corrected chi connectivity index (χ2v) is 9.05. The lowest BCUT2D eigenvalue weighted by molar-refractivity contribution is -0.131. The molecule has 3 heterocycles. The molecular weight excluding hydrogens is 448 g/mol. The maximum absolute atomic E-state index is 12.9. The molecule has 2 aliphatic heterocycles. The molecular formula is C26H28N4O5. The predicted molar refractivity (Wildman–Crippen MR) is 130 cm³/mol. The fourth-order valence-corrected chi connectivity index (χ4v) is 4.39. The van der Waals surface area contributed by atoms with E-state index in [1.54, 1.807) is 24.3 Å². The van der Waals surface area contributed by atoms with Crippen molar-refractivity contribution in [3.63, 3.8) is 0 Å². The normalized spacial score (nSPS) is 16.7. The molecule has 0 radical (unpaired) electrons. The Kier molecular flexibility index (Phi) is 6.31. The van der Waals surface area contributed by atoms with E-state index in [0.717, 1.165) is 30.6 Å². The first kappa shape index (κ1) is 22.8. The van der Waals surface area contributed by atoms with Crippen LogP contribution in [-0.4, -0.2) is 55.8 Å². The number of nitrogens with one attached hydrogen (secondary N) is 1. The molecule has 182 valence electrons. The minimum Gasteiger partial charge on any atom is -0.454 e. The summed E-state index contributed by atoms with van der Waals surface area (Å²) >= 11 is 0. The van der Waals surface area contributed by atoms with Gasteiger partial charge in [-0.25, -0.2) is 0 Å². The SMILES string of the molecule is CN(C)c1ccc(CC(=O)N2CCCC(c3cc(C(=O)Nc4ccc5c(c4)OCO5)no3)C2)cc1. The van der Waals surface area contributed by atoms with Gasteiger partial charge in [-0.2, -0.15) is 0 Å². The minimum atomic E-state index is -0.372. The number of carbonyl (C=O) groups excluding carboxylic acids is 2. The van der Waals surface area contributed by atoms with Crippen LogP contribution < -0.4 is 19.7 Å². The number of amides is 2. The quantitative estimate of drug-likeness (QED) is 0.580. The van der Waals surface area contributed by atoms with Crippen molar-refractivity contribution in [3.05, 3.63) is 65.5 Å². The van der Waals surface area contributed by atoms with Gasteiger partial charge in [-0.15, -0.1) is 0 Å². The van der Waals surface area contributed by atoms with Crippen molar-refractivity contribution in [3.8, 4) is 11.5 Å². The van der Waals surface area contributed by atoms with Crippen LogP contribution in [0, 0.1) is 0 Å². The molecule has 0 spiro atoms. The van der Waals surface area contributed by atoms with Gasteiger partial charge in [-0.05, 0) is 42.7 Å². The molecule has 1 aromatic heterocycles. The first-order valence-electron chi connectivity index (χ1n) is 11.7. The van der Waals surface area contributed by atoms with Gasteiger partial charge in [0.15, 0.2) is 17.2 Å². The highest BCUT2D eigenvalue weighted by Gasteiger charge is 2.28. The summed E-state index contributed by atoms with van der Waals surface area (Å²) in [6.07, 6.45) is 2.11. The van der Waals surface area contributed by atoms with Crippen molar-refractivity contribution in [1.82, 2.24) is 10.1 Å². The van der Waals surface area contributed by atoms with Crippen LogP contribution in [0.3, 0.4) is 0 Å². The molecule has 3 aromatic rings. The van der Waals surface area contributed by atoms with Gasteiger partial charge in [0.2, 0.25) is 12.7 Å². The predicted octanol–water partition coefficient (Wildman–Crippen LogP) is 3.67. The molecule has 2 amide bonds. The van der Waals surface area contributed by atoms with Crippen molar-refractivity contribution in [1.29, 1.82) is 0 Å². The number of hydrogen-bond donors (Lipinski definition) is 1. The second kappa shape index (κ2) is 9.69. The molecule has 0 saturated carbocycles. The van der Waals surface area contributed by atoms with Gasteiger partial charge >= 0.3 is 0 Å². The Morgan fingerprint density at radius 1 is 1.09 bits per heavy atom. The van der Waals surface area contributed by atoms with Crippen LogP contribution in [0.1, 0.15) is 40.6 Å². The average Bonchev–Trinajstić information content (AvgIpc) is 3.54. The van der Waals surface area contributed by atoms with Gasteiger partial charge < -0.3 is 29.1 Å². The largest absolute Gasteiger partial charge is 0.454 e. The van der Waals surface area contributed by atoms with E-state index in [-0.39, 0.29) is 30.2 Å². The topological polar surface area (TPSA) is 97.1 Å². The Morgan fingerprint density at radius 3 is 2.69 bits per heavy atom. The van der Waals surface area contributed by atoms with Gasteiger partial charge in [-0.3, -0.25) is 9.59 Å². The third-order valence-electron chi connectivity index (χ3n) is 6.38. The molecule has 5 rings (SSSR count). The summed E-state index contributed by atoms with van der Waals surface area (Å²) in [7, 11) is 3.98. The lowest BCUT2D eigenvalue weighted by Crippen LogP contribution is -2.39. The second-order valence-electron chi connectivity index (χ2n) is 9.05. The summed E-state index contributed by atoms with van der Waals surface area (Å²) < 4.78 is 16.2. The number of anilines is 2. The summed E-state index contributed by atoms with van der Waals surface area (Å²) in [6.45, 7) is 1.44. The van der Waals surface area contributed by atoms with Gasteiger partial charge in [0.25, 0.3) is 5.91 Å². The fraction of sp³-hybridized carbons (Fsp3) is 0.346. The highest BCUT2D eigenvalue weighted by molar-refractivity contribution is 6.03. The standard InChI is InChI=1S/C26H28N4O5/c1-29(2)20-8-5-17(6-9-20)12-25(31)30-11-3-4-18(15-30)23-14-21(28-35-23)26(32)27-19-7-10-22-24(13-19)34-16-33-22/h5-10,13-14,18H,3-4,11-12,15-16H2,1-2H3,(H,27,32). The van der Waals surface area contributed by atoms with Crippen molar-refractivity contribution in [2.24, 2.45) is 0 Å². The van der Waals surface area contributed by atoms with Gasteiger partial charge in [0.1, 0.15) is 5.76 Å². The molecule has 1 unspecified atom stereocenters. The number of nitrogens with zero attached hydrogens (tertiary/aromatic N) is 3. The Balaban J connectivity index is 1.19. The highest BCUT2D eigenvalue weighted by atomic mass is 16.7. The first-order chi connectivity index (χ1) is 17.0. The highest BCUT2D eigenvalue weighted by Crippen LogP contribution is 2.34. The van der Waals surface area contributed by atoms with Crippen molar-refractivity contribution >= 4 is 23.2 Å². The number of aromatic nitrogens is 1. The summed E-state index contributed by atoms with van der Waals surface area (Å²) in [4.78, 5) is 29.5. The molecule has 0 aliphatic carbocycles. The Morgan fingerprint density at radius 2 is 1.89 bits per heavy atom. The minimum absolute atomic E-state index is 0.00316. The molecule has 1 N–H and O–H groups in total. The summed E-state index contributed by atoms with van der Waals surface area (Å²) in [5, 5.41) is 6.77. The van der Waals surface area contributed by atoms with Crippen molar-refractivity contribution in [2.75, 3.05) is 44.2 Å². The molecule has 1 atom stereocenters. The number of likely N-dealkylation sites (tertiary alicyclic amines) is 1. The molecule has 0 bridgehead atoms. The van der Waals surface area contributed by atoms with Crippen LogP contribution in [0.15, 0.2) is 53.1 Å². The van der Waals surface area contributed by atoms with Crippen LogP contribution >= 0.6 is 0 Å². The Bertz CT molecular complexity index is 1220. The van der Waals surface area contributed by atoms with E-state index in [2.05, 4.69) is 10.5 Å². The number of piperidine rings is 1. The zero-order valence-electron chi connectivity index (χ0n) is 19.8. The lowest BCUT2D eigenvalue weighted by atomic mass is 9.94. The molecule has 1 fully saturated rings. The monoisotopic (exact) mass is 476 g/mol. The maximum atomic E-state index is 12.9. The fourth-order valence-electron chi connectivity index (χ4n) is 4.39. The van der Waals surface area contributed by atoms with Crippen molar-refractivity contribution < 1.29 is 23.6 Å². The molecule has 9 nitrogen and oxygen atoms in total. The summed E-state index contributed by atoms with van der Waals surface area (Å²) in [5.41, 5.74) is 2.87. The third kappa shape index (κ3) is 5.08. The lowest BCUT2D eigenvalue weighted by Gasteiger charge is -2.31. The number of carbonyl (C=O) groups is 2. The van der Waals surface area contributed by atoms with Crippen LogP contribution in [0.2, 0.25) is 0 Å². The number of fused-ring (bicyclic) bond motifs is 1. The van der Waals surface area contributed by atoms with Gasteiger partial charge in [-0.1, -0.05) is 17.3 Å². The van der Waals surface area contributed by atoms with E-state index in [0.29, 0.717) is 35.9 Å². The average molecular weight is 477 g/mol. The smallest absolute Gasteiger partial charge is 0.277 e. The molecule has 2 aromatic carbocycles. The summed E-state index contributed by atoms with van der Waals surface area (Å²) in [6, 6.07) is 14.9. The Hall–Kier alpha value is -4.01. The van der Waals surface area contributed by atoms with Crippen LogP contribution in [0.4, 0.5) is 11.4 Å². The number of benzene rings is 2. The van der Waals surface area contributed by atoms with E-state index < -0.39 is 0 Å². The number of rotatable bonds is 6. The molecule has 1 saturated heterocycles. The molecule has 35 heavy (non-hydrogen) atoms. The number of ether oxygens (including phenoxy) is 2. The van der Waals surface area contributed by atoms with Crippen LogP contribution in [0.25, 0.3) is 0 Å². The first-order valence-corrected chi connectivity index (χ1v) is 11.7. The van der Waals surface area contributed by atoms with Crippen LogP contribution in [-0.2, 0) is 11.2 Å². The zero-order chi connectivity index (χ0) is 24.4. The molecule has 2 aliphatic rings. The van der Waals surface area contributed by atoms with E-state index >= 15 is 0 Å². The molecule has 9 heteroatoms. The maximum Gasteiger partial charge on any atom is 0.277 e. The third-order valence-corrected chi connectivity index (χ3v) is 6.38. The summed E-state index contributed by atoms with van der Waals surface area (Å²) in [5.74, 6) is 1.58. The van der Waals surface area contributed by atoms with E-state index in [9.17, 15) is 9.59 Å². The van der Waals surface area contributed by atoms with Gasteiger partial charge in [0, 0.05) is 56.6 Å². The van der Waals surface area contributed by atoms with Gasteiger partial charge in [0.05, 0.1) is 6.42 Å². The van der Waals surface area contributed by atoms with E-state index in [1.165, 1.54) is 0 Å². The van der Waals surface area contributed by atoms with Crippen LogP contribution in [0.5, 0.6) is 11.5 Å². The van der Waals surface area contributed by atoms with E-state index in [4.69, 9.17) is 14.0 Å². The zero-order valence-corrected chi connectivity index (χ0v) is 19.8.